The maximum absolute atomic E-state index is 12.3. The van der Waals surface area contributed by atoms with Crippen LogP contribution in [0.1, 0.15) is 20.8 Å². The molecule has 2 heterocycles. The molecular formula is C20H20N6O2S. The van der Waals surface area contributed by atoms with Crippen molar-refractivity contribution >= 4 is 45.0 Å². The first-order valence-electron chi connectivity index (χ1n) is 8.96. The number of aromatic nitrogens is 4. The van der Waals surface area contributed by atoms with Crippen LogP contribution >= 0.6 is 11.5 Å². The highest BCUT2D eigenvalue weighted by molar-refractivity contribution is 7.09. The molecule has 0 saturated heterocycles. The molecule has 2 aromatic heterocycles. The van der Waals surface area contributed by atoms with Crippen LogP contribution < -0.4 is 11.1 Å². The molecule has 3 N–H and O–H groups in total. The molecule has 0 aliphatic carbocycles. The molecule has 0 spiro atoms. The first-order chi connectivity index (χ1) is 13.8. The van der Waals surface area contributed by atoms with Gasteiger partial charge >= 0.3 is 6.09 Å². The summed E-state index contributed by atoms with van der Waals surface area (Å²) < 4.78 is 11.0. The average Bonchev–Trinajstić information content (AvgIpc) is 3.27. The summed E-state index contributed by atoms with van der Waals surface area (Å²) in [6.07, 6.45) is 1.12. The number of nitrogens with one attached hydrogen (secondary N) is 1. The summed E-state index contributed by atoms with van der Waals surface area (Å²) in [4.78, 5) is 16.8. The monoisotopic (exact) mass is 408 g/mol. The van der Waals surface area contributed by atoms with Gasteiger partial charge in [0.15, 0.2) is 5.82 Å². The Morgan fingerprint density at radius 1 is 1.21 bits per heavy atom. The zero-order valence-electron chi connectivity index (χ0n) is 16.2. The number of nitrogens with two attached hydrogens (primary N) is 1. The SMILES string of the molecule is CC(C)(C)OC(=O)n1ncc2cc(Nc3nc(-c4cccc(N)c4)ns3)ccc21. The van der Waals surface area contributed by atoms with E-state index in [0.717, 1.165) is 16.6 Å². The standard InChI is InChI=1S/C20H20N6O2S/c1-20(2,3)28-19(27)26-16-8-7-15(10-13(16)11-22-26)23-18-24-17(25-29-18)12-5-4-6-14(21)9-12/h4-11H,21H2,1-3H3,(H,23,24,25). The molecule has 4 aromatic rings. The number of carbonyl (C=O) groups is 1. The third kappa shape index (κ3) is 4.19. The average molecular weight is 408 g/mol. The molecule has 0 amide bonds. The quantitative estimate of drug-likeness (QED) is 0.474. The molecule has 0 radical (unpaired) electrons. The molecule has 0 atom stereocenters. The highest BCUT2D eigenvalue weighted by Gasteiger charge is 2.20. The van der Waals surface area contributed by atoms with E-state index in [1.165, 1.54) is 16.2 Å². The zero-order valence-corrected chi connectivity index (χ0v) is 17.0. The minimum Gasteiger partial charge on any atom is -0.442 e. The van der Waals surface area contributed by atoms with Gasteiger partial charge in [-0.1, -0.05) is 12.1 Å². The molecule has 0 fully saturated rings. The van der Waals surface area contributed by atoms with Gasteiger partial charge in [-0.3, -0.25) is 0 Å². The number of fused-ring (bicyclic) bond motifs is 1. The summed E-state index contributed by atoms with van der Waals surface area (Å²) in [7, 11) is 0. The lowest BCUT2D eigenvalue weighted by Crippen LogP contribution is -2.27. The van der Waals surface area contributed by atoms with Crippen molar-refractivity contribution in [3.05, 3.63) is 48.7 Å². The van der Waals surface area contributed by atoms with Gasteiger partial charge in [-0.25, -0.2) is 4.79 Å². The van der Waals surface area contributed by atoms with Gasteiger partial charge in [0.1, 0.15) is 5.60 Å². The van der Waals surface area contributed by atoms with Crippen molar-refractivity contribution in [1.82, 2.24) is 19.1 Å². The molecule has 9 heteroatoms. The van der Waals surface area contributed by atoms with Gasteiger partial charge < -0.3 is 15.8 Å². The number of hydrogen-bond donors (Lipinski definition) is 2. The smallest absolute Gasteiger partial charge is 0.435 e. The molecule has 0 aliphatic heterocycles. The third-order valence-corrected chi connectivity index (χ3v) is 4.59. The van der Waals surface area contributed by atoms with Gasteiger partial charge in [-0.05, 0) is 51.1 Å². The number of rotatable bonds is 3. The van der Waals surface area contributed by atoms with Crippen LogP contribution in [0.2, 0.25) is 0 Å². The maximum Gasteiger partial charge on any atom is 0.435 e. The van der Waals surface area contributed by atoms with Crippen molar-refractivity contribution in [3.63, 3.8) is 0 Å². The molecule has 0 saturated carbocycles. The molecule has 8 nitrogen and oxygen atoms in total. The summed E-state index contributed by atoms with van der Waals surface area (Å²) in [6.45, 7) is 5.45. The van der Waals surface area contributed by atoms with Crippen molar-refractivity contribution < 1.29 is 9.53 Å². The summed E-state index contributed by atoms with van der Waals surface area (Å²) in [6, 6.07) is 13.0. The van der Waals surface area contributed by atoms with Crippen LogP contribution in [0.3, 0.4) is 0 Å². The van der Waals surface area contributed by atoms with Crippen LogP contribution in [0.15, 0.2) is 48.7 Å². The molecule has 148 valence electrons. The topological polar surface area (TPSA) is 108 Å². The summed E-state index contributed by atoms with van der Waals surface area (Å²) >= 11 is 1.26. The van der Waals surface area contributed by atoms with Crippen molar-refractivity contribution in [2.45, 2.75) is 26.4 Å². The lowest BCUT2D eigenvalue weighted by molar-refractivity contribution is 0.0522. The van der Waals surface area contributed by atoms with Gasteiger partial charge in [-0.2, -0.15) is 19.1 Å². The first kappa shape index (κ1) is 18.9. The van der Waals surface area contributed by atoms with E-state index in [1.807, 2.05) is 63.2 Å². The van der Waals surface area contributed by atoms with Gasteiger partial charge in [0.25, 0.3) is 0 Å². The fourth-order valence-corrected chi connectivity index (χ4v) is 3.36. The van der Waals surface area contributed by atoms with Gasteiger partial charge in [0.2, 0.25) is 5.13 Å². The van der Waals surface area contributed by atoms with Gasteiger partial charge in [0.05, 0.1) is 11.7 Å². The molecule has 0 bridgehead atoms. The Hall–Kier alpha value is -3.46. The fourth-order valence-electron chi connectivity index (χ4n) is 2.75. The van der Waals surface area contributed by atoms with E-state index < -0.39 is 11.7 Å². The normalized spacial score (nSPS) is 11.6. The van der Waals surface area contributed by atoms with Crippen molar-refractivity contribution in [3.8, 4) is 11.4 Å². The Balaban J connectivity index is 1.55. The van der Waals surface area contributed by atoms with Crippen LogP contribution in [-0.4, -0.2) is 30.8 Å². The lowest BCUT2D eigenvalue weighted by Gasteiger charge is -2.19. The number of hydrogen-bond acceptors (Lipinski definition) is 8. The first-order valence-corrected chi connectivity index (χ1v) is 9.74. The van der Waals surface area contributed by atoms with E-state index in [0.29, 0.717) is 22.2 Å². The Labute approximate surface area is 171 Å². The van der Waals surface area contributed by atoms with E-state index in [2.05, 4.69) is 19.8 Å². The Kier molecular flexibility index (Phi) is 4.67. The van der Waals surface area contributed by atoms with Crippen LogP contribution in [0.4, 0.5) is 21.3 Å². The van der Waals surface area contributed by atoms with Crippen LogP contribution in [0.25, 0.3) is 22.3 Å². The van der Waals surface area contributed by atoms with Crippen LogP contribution in [0, 0.1) is 0 Å². The Morgan fingerprint density at radius 2 is 2.03 bits per heavy atom. The minimum absolute atomic E-state index is 0.510. The number of anilines is 3. The highest BCUT2D eigenvalue weighted by Crippen LogP contribution is 2.27. The second-order valence-corrected chi connectivity index (χ2v) is 8.24. The zero-order chi connectivity index (χ0) is 20.6. The Bertz CT molecular complexity index is 1190. The lowest BCUT2D eigenvalue weighted by atomic mass is 10.2. The summed E-state index contributed by atoms with van der Waals surface area (Å²) in [5.74, 6) is 0.614. The summed E-state index contributed by atoms with van der Waals surface area (Å²) in [5, 5.41) is 8.86. The van der Waals surface area contributed by atoms with E-state index >= 15 is 0 Å². The second kappa shape index (κ2) is 7.17. The molecular weight excluding hydrogens is 388 g/mol. The number of nitrogen functional groups attached to an aromatic ring is 1. The van der Waals surface area contributed by atoms with Gasteiger partial charge in [-0.15, -0.1) is 0 Å². The minimum atomic E-state index is -0.587. The number of nitrogens with zero attached hydrogens (tertiary/aromatic N) is 4. The number of ether oxygens (including phenoxy) is 1. The number of benzene rings is 2. The predicted molar refractivity (Wildman–Crippen MR) is 114 cm³/mol. The van der Waals surface area contributed by atoms with E-state index in [-0.39, 0.29) is 0 Å². The molecule has 4 rings (SSSR count). The van der Waals surface area contributed by atoms with Gasteiger partial charge in [0, 0.05) is 33.9 Å². The number of carbonyl (C=O) groups excluding carboxylic acids is 1. The van der Waals surface area contributed by atoms with Crippen molar-refractivity contribution in [1.29, 1.82) is 0 Å². The Morgan fingerprint density at radius 3 is 2.79 bits per heavy atom. The largest absolute Gasteiger partial charge is 0.442 e. The van der Waals surface area contributed by atoms with Crippen molar-refractivity contribution in [2.24, 2.45) is 0 Å². The summed E-state index contributed by atoms with van der Waals surface area (Å²) in [5.41, 5.74) is 8.26. The molecule has 0 unspecified atom stereocenters. The second-order valence-electron chi connectivity index (χ2n) is 7.48. The molecule has 0 aliphatic rings. The molecule has 2 aromatic carbocycles. The van der Waals surface area contributed by atoms with Crippen LogP contribution in [0.5, 0.6) is 0 Å². The van der Waals surface area contributed by atoms with E-state index in [4.69, 9.17) is 10.5 Å². The van der Waals surface area contributed by atoms with Crippen LogP contribution in [-0.2, 0) is 4.74 Å². The maximum atomic E-state index is 12.3. The van der Waals surface area contributed by atoms with E-state index in [9.17, 15) is 4.79 Å². The highest BCUT2D eigenvalue weighted by atomic mass is 32.1. The molecule has 29 heavy (non-hydrogen) atoms. The van der Waals surface area contributed by atoms with E-state index in [1.54, 1.807) is 6.20 Å². The third-order valence-electron chi connectivity index (χ3n) is 3.96. The van der Waals surface area contributed by atoms with Crippen molar-refractivity contribution in [2.75, 3.05) is 11.1 Å². The fraction of sp³-hybridized carbons (Fsp3) is 0.200. The predicted octanol–water partition coefficient (Wildman–Crippen LogP) is 4.66.